The summed E-state index contributed by atoms with van der Waals surface area (Å²) in [6.07, 6.45) is -0.465. The Morgan fingerprint density at radius 2 is 1.97 bits per heavy atom. The second kappa shape index (κ2) is 8.73. The number of aliphatic hydroxyl groups is 1. The maximum absolute atomic E-state index is 13.1. The summed E-state index contributed by atoms with van der Waals surface area (Å²) in [6.45, 7) is 4.85. The molecule has 0 radical (unpaired) electrons. The van der Waals surface area contributed by atoms with Crippen molar-refractivity contribution >= 4 is 23.3 Å². The number of anilines is 1. The van der Waals surface area contributed by atoms with Gasteiger partial charge >= 0.3 is 5.97 Å². The number of aliphatic imine (C=N–C) groups is 1. The maximum atomic E-state index is 13.1. The lowest BCUT2D eigenvalue weighted by molar-refractivity contribution is -0.146. The van der Waals surface area contributed by atoms with Crippen LogP contribution in [0.4, 0.5) is 5.69 Å². The number of benzodiazepines with no additional fused rings is 1. The maximum Gasteiger partial charge on any atom is 0.302 e. The van der Waals surface area contributed by atoms with Gasteiger partial charge in [0.25, 0.3) is 5.91 Å². The molecule has 1 unspecified atom stereocenters. The third kappa shape index (κ3) is 4.55. The van der Waals surface area contributed by atoms with Crippen LogP contribution in [0.5, 0.6) is 0 Å². The molecule has 0 aliphatic carbocycles. The second-order valence-electron chi connectivity index (χ2n) is 7.89. The first-order valence-electron chi connectivity index (χ1n) is 9.67. The molecule has 1 amide bonds. The van der Waals surface area contributed by atoms with Gasteiger partial charge in [-0.25, -0.2) is 0 Å². The van der Waals surface area contributed by atoms with E-state index in [0.717, 1.165) is 0 Å². The summed E-state index contributed by atoms with van der Waals surface area (Å²) in [6, 6.07) is 12.7. The molecule has 158 valence electrons. The molecular formula is C22H26N4O4. The van der Waals surface area contributed by atoms with Crippen LogP contribution in [-0.2, 0) is 14.3 Å². The van der Waals surface area contributed by atoms with Crippen molar-refractivity contribution in [2.45, 2.75) is 33.0 Å². The van der Waals surface area contributed by atoms with Gasteiger partial charge in [0, 0.05) is 24.1 Å². The highest BCUT2D eigenvalue weighted by molar-refractivity contribution is 6.19. The van der Waals surface area contributed by atoms with Crippen molar-refractivity contribution in [1.82, 2.24) is 4.98 Å². The number of para-hydroxylation sites is 1. The summed E-state index contributed by atoms with van der Waals surface area (Å²) in [7, 11) is 0. The van der Waals surface area contributed by atoms with Gasteiger partial charge in [0.2, 0.25) is 0 Å². The number of hydrogen-bond donors (Lipinski definition) is 2. The number of ether oxygens (including phenoxy) is 1. The van der Waals surface area contributed by atoms with Gasteiger partial charge in [-0.15, -0.1) is 0 Å². The number of β-amino-alcohol motifs (C(OH)–C–C–N with tert-alkyl or cyclic N) is 1. The molecule has 2 atom stereocenters. The number of rotatable bonds is 6. The smallest absolute Gasteiger partial charge is 0.302 e. The first-order valence-corrected chi connectivity index (χ1v) is 9.67. The lowest BCUT2D eigenvalue weighted by atomic mass is 9.87. The number of nitrogens with two attached hydrogens (primary N) is 1. The van der Waals surface area contributed by atoms with Crippen LogP contribution in [0, 0.1) is 5.41 Å². The number of aromatic nitrogens is 1. The van der Waals surface area contributed by atoms with Crippen LogP contribution in [-0.4, -0.2) is 53.1 Å². The van der Waals surface area contributed by atoms with Crippen molar-refractivity contribution in [3.05, 3.63) is 59.9 Å². The minimum absolute atomic E-state index is 0.0227. The Labute approximate surface area is 175 Å². The molecule has 0 saturated carbocycles. The first kappa shape index (κ1) is 21.6. The molecule has 0 bridgehead atoms. The molecule has 1 aliphatic heterocycles. The normalized spacial score (nSPS) is 17.6. The topological polar surface area (TPSA) is 118 Å². The predicted octanol–water partition coefficient (Wildman–Crippen LogP) is 1.50. The molecule has 3 rings (SSSR count). The number of fused-ring (bicyclic) bond motifs is 1. The lowest BCUT2D eigenvalue weighted by Gasteiger charge is -2.34. The number of hydrogen-bond acceptors (Lipinski definition) is 7. The molecule has 0 saturated heterocycles. The van der Waals surface area contributed by atoms with E-state index in [2.05, 4.69) is 9.98 Å². The number of carbonyl (C=O) groups is 2. The van der Waals surface area contributed by atoms with E-state index < -0.39 is 29.6 Å². The largest absolute Gasteiger partial charge is 0.465 e. The molecule has 1 aromatic carbocycles. The van der Waals surface area contributed by atoms with Crippen molar-refractivity contribution in [3.63, 3.8) is 0 Å². The molecule has 0 spiro atoms. The number of pyridine rings is 1. The fourth-order valence-corrected chi connectivity index (χ4v) is 3.15. The Kier molecular flexibility index (Phi) is 6.28. The van der Waals surface area contributed by atoms with E-state index in [0.29, 0.717) is 22.7 Å². The van der Waals surface area contributed by atoms with Gasteiger partial charge in [0.05, 0.1) is 36.3 Å². The first-order chi connectivity index (χ1) is 14.2. The highest BCUT2D eigenvalue weighted by Gasteiger charge is 2.36. The molecule has 3 N–H and O–H groups in total. The molecule has 1 aliphatic rings. The zero-order valence-electron chi connectivity index (χ0n) is 17.3. The predicted molar refractivity (Wildman–Crippen MR) is 113 cm³/mol. The number of amides is 1. The summed E-state index contributed by atoms with van der Waals surface area (Å²) < 4.78 is 5.08. The minimum Gasteiger partial charge on any atom is -0.465 e. The number of benzene rings is 1. The van der Waals surface area contributed by atoms with Gasteiger partial charge < -0.3 is 20.5 Å². The van der Waals surface area contributed by atoms with E-state index in [9.17, 15) is 14.7 Å². The standard InChI is InChI=1S/C22H26N4O4/c1-14(27)30-13-22(2,3)18(28)12-26-17-10-5-4-8-15(17)19(25-20(23)21(26)29)16-9-6-7-11-24-16/h4-11,18,20,28H,12-13,23H2,1-3H3/t18?,20-/m1/s1. The number of esters is 1. The van der Waals surface area contributed by atoms with E-state index in [1.165, 1.54) is 11.8 Å². The summed E-state index contributed by atoms with van der Waals surface area (Å²) in [5.74, 6) is -0.863. The minimum atomic E-state index is -1.14. The molecule has 0 fully saturated rings. The molecule has 8 nitrogen and oxygen atoms in total. The molecule has 2 aromatic rings. The lowest BCUT2D eigenvalue weighted by Crippen LogP contribution is -2.49. The van der Waals surface area contributed by atoms with E-state index >= 15 is 0 Å². The average molecular weight is 410 g/mol. The number of carbonyl (C=O) groups excluding carboxylic acids is 2. The Morgan fingerprint density at radius 3 is 2.63 bits per heavy atom. The van der Waals surface area contributed by atoms with Crippen LogP contribution >= 0.6 is 0 Å². The molecule has 30 heavy (non-hydrogen) atoms. The molecule has 8 heteroatoms. The molecule has 1 aromatic heterocycles. The monoisotopic (exact) mass is 410 g/mol. The third-order valence-electron chi connectivity index (χ3n) is 5.05. The van der Waals surface area contributed by atoms with Crippen LogP contribution in [0.3, 0.4) is 0 Å². The zero-order chi connectivity index (χ0) is 21.9. The molecule has 2 heterocycles. The summed E-state index contributed by atoms with van der Waals surface area (Å²) >= 11 is 0. The van der Waals surface area contributed by atoms with Crippen molar-refractivity contribution in [2.75, 3.05) is 18.1 Å². The van der Waals surface area contributed by atoms with Crippen molar-refractivity contribution in [1.29, 1.82) is 0 Å². The van der Waals surface area contributed by atoms with Crippen molar-refractivity contribution in [2.24, 2.45) is 16.1 Å². The van der Waals surface area contributed by atoms with Gasteiger partial charge in [-0.1, -0.05) is 38.1 Å². The summed E-state index contributed by atoms with van der Waals surface area (Å²) in [5.41, 5.74) is 7.73. The van der Waals surface area contributed by atoms with Gasteiger partial charge in [0.1, 0.15) is 0 Å². The second-order valence-corrected chi connectivity index (χ2v) is 7.89. The van der Waals surface area contributed by atoms with E-state index in [-0.39, 0.29) is 13.2 Å². The van der Waals surface area contributed by atoms with Crippen molar-refractivity contribution in [3.8, 4) is 0 Å². The van der Waals surface area contributed by atoms with Crippen LogP contribution < -0.4 is 10.6 Å². The highest BCUT2D eigenvalue weighted by Crippen LogP contribution is 2.30. The molecular weight excluding hydrogens is 384 g/mol. The fourth-order valence-electron chi connectivity index (χ4n) is 3.15. The van der Waals surface area contributed by atoms with Crippen molar-refractivity contribution < 1.29 is 19.4 Å². The SMILES string of the molecule is CC(=O)OCC(C)(C)C(O)CN1C(=O)[C@H](N)N=C(c2ccccn2)c2ccccc21. The summed E-state index contributed by atoms with van der Waals surface area (Å²) in [4.78, 5) is 34.5. The summed E-state index contributed by atoms with van der Waals surface area (Å²) in [5, 5.41) is 10.9. The van der Waals surface area contributed by atoms with E-state index in [1.807, 2.05) is 24.3 Å². The number of aliphatic hydroxyl groups excluding tert-OH is 1. The quantitative estimate of drug-likeness (QED) is 0.697. The Balaban J connectivity index is 1.97. The van der Waals surface area contributed by atoms with Crippen LogP contribution in [0.15, 0.2) is 53.7 Å². The zero-order valence-corrected chi connectivity index (χ0v) is 17.3. The van der Waals surface area contributed by atoms with Crippen LogP contribution in [0.1, 0.15) is 32.0 Å². The van der Waals surface area contributed by atoms with Gasteiger partial charge in [-0.2, -0.15) is 0 Å². The van der Waals surface area contributed by atoms with Gasteiger partial charge in [-0.05, 0) is 18.2 Å². The van der Waals surface area contributed by atoms with Crippen LogP contribution in [0.2, 0.25) is 0 Å². The highest BCUT2D eigenvalue weighted by atomic mass is 16.5. The fraction of sp³-hybridized carbons (Fsp3) is 0.364. The Hall–Kier alpha value is -3.10. The van der Waals surface area contributed by atoms with Crippen LogP contribution in [0.25, 0.3) is 0 Å². The van der Waals surface area contributed by atoms with Gasteiger partial charge in [0.15, 0.2) is 6.17 Å². The number of nitrogens with zero attached hydrogens (tertiary/aromatic N) is 3. The average Bonchev–Trinajstić information content (AvgIpc) is 2.83. The van der Waals surface area contributed by atoms with E-state index in [1.54, 1.807) is 38.2 Å². The Bertz CT molecular complexity index is 959. The van der Waals surface area contributed by atoms with Gasteiger partial charge in [-0.3, -0.25) is 19.6 Å². The Morgan fingerprint density at radius 1 is 1.27 bits per heavy atom. The van der Waals surface area contributed by atoms with E-state index in [4.69, 9.17) is 10.5 Å². The third-order valence-corrected chi connectivity index (χ3v) is 5.05.